The Hall–Kier alpha value is -2.80. The Morgan fingerprint density at radius 3 is 1.85 bits per heavy atom. The molecule has 0 aliphatic heterocycles. The Balaban J connectivity index is 2.12. The van der Waals surface area contributed by atoms with Gasteiger partial charge in [0.05, 0.1) is 5.69 Å². The van der Waals surface area contributed by atoms with Crippen molar-refractivity contribution in [3.05, 3.63) is 84.4 Å². The van der Waals surface area contributed by atoms with Crippen LogP contribution in [0.4, 0.5) is 0 Å². The maximum Gasteiger partial charge on any atom is 0.0568 e. The molecular weight excluding hydrogens is 314 g/mol. The average Bonchev–Trinajstić information content (AvgIpc) is 2.95. The Morgan fingerprint density at radius 2 is 1.27 bits per heavy atom. The molecule has 1 nitrogen and oxygen atoms in total. The van der Waals surface area contributed by atoms with E-state index in [1.807, 2.05) is 0 Å². The van der Waals surface area contributed by atoms with E-state index in [9.17, 15) is 0 Å². The number of aryl methyl sites for hydroxylation is 1. The molecule has 1 aromatic heterocycles. The minimum atomic E-state index is 0.130. The van der Waals surface area contributed by atoms with Gasteiger partial charge in [0, 0.05) is 23.5 Å². The predicted molar refractivity (Wildman–Crippen MR) is 112 cm³/mol. The standard InChI is InChI=1S/C25H25N/c1-25(2,3)20-15-16-22-21(17-20)23(18-11-7-5-8-12-18)24(26(22)4)19-13-9-6-10-14-19/h5-17H,1-4H3. The summed E-state index contributed by atoms with van der Waals surface area (Å²) in [6.45, 7) is 6.83. The van der Waals surface area contributed by atoms with Crippen LogP contribution in [0.1, 0.15) is 26.3 Å². The van der Waals surface area contributed by atoms with E-state index < -0.39 is 0 Å². The number of benzene rings is 3. The lowest BCUT2D eigenvalue weighted by Crippen LogP contribution is -2.10. The van der Waals surface area contributed by atoms with E-state index >= 15 is 0 Å². The molecule has 4 aromatic rings. The molecule has 130 valence electrons. The third-order valence-corrected chi connectivity index (χ3v) is 5.18. The zero-order valence-electron chi connectivity index (χ0n) is 16.0. The molecular formula is C25H25N. The lowest BCUT2D eigenvalue weighted by atomic mass is 9.85. The number of aromatic nitrogens is 1. The monoisotopic (exact) mass is 339 g/mol. The summed E-state index contributed by atoms with van der Waals surface area (Å²) >= 11 is 0. The molecule has 3 aromatic carbocycles. The Bertz CT molecular complexity index is 1050. The van der Waals surface area contributed by atoms with E-state index in [2.05, 4.69) is 111 Å². The summed E-state index contributed by atoms with van der Waals surface area (Å²) < 4.78 is 2.33. The first-order chi connectivity index (χ1) is 12.5. The van der Waals surface area contributed by atoms with Gasteiger partial charge in [0.2, 0.25) is 0 Å². The van der Waals surface area contributed by atoms with Crippen molar-refractivity contribution in [2.75, 3.05) is 0 Å². The highest BCUT2D eigenvalue weighted by atomic mass is 15.0. The normalized spacial score (nSPS) is 11.8. The van der Waals surface area contributed by atoms with Crippen molar-refractivity contribution in [1.82, 2.24) is 4.57 Å². The van der Waals surface area contributed by atoms with Crippen molar-refractivity contribution in [3.8, 4) is 22.4 Å². The molecule has 1 heterocycles. The van der Waals surface area contributed by atoms with Gasteiger partial charge in [-0.05, 0) is 34.2 Å². The number of rotatable bonds is 2. The molecule has 0 aliphatic carbocycles. The van der Waals surface area contributed by atoms with E-state index in [0.29, 0.717) is 0 Å². The minimum Gasteiger partial charge on any atom is -0.343 e. The molecule has 0 spiro atoms. The van der Waals surface area contributed by atoms with E-state index in [-0.39, 0.29) is 5.41 Å². The second-order valence-electron chi connectivity index (χ2n) is 8.00. The fourth-order valence-electron chi connectivity index (χ4n) is 3.74. The fraction of sp³-hybridized carbons (Fsp3) is 0.200. The van der Waals surface area contributed by atoms with Crippen molar-refractivity contribution in [2.45, 2.75) is 26.2 Å². The molecule has 0 bridgehead atoms. The highest BCUT2D eigenvalue weighted by Gasteiger charge is 2.21. The minimum absolute atomic E-state index is 0.130. The predicted octanol–water partition coefficient (Wildman–Crippen LogP) is 6.81. The van der Waals surface area contributed by atoms with Crippen molar-refractivity contribution >= 4 is 10.9 Å². The summed E-state index contributed by atoms with van der Waals surface area (Å²) in [6.07, 6.45) is 0. The molecule has 0 unspecified atom stereocenters. The van der Waals surface area contributed by atoms with Crippen LogP contribution in [0.5, 0.6) is 0 Å². The summed E-state index contributed by atoms with van der Waals surface area (Å²) in [7, 11) is 2.17. The summed E-state index contributed by atoms with van der Waals surface area (Å²) in [5.41, 5.74) is 7.89. The van der Waals surface area contributed by atoms with Crippen LogP contribution < -0.4 is 0 Å². The van der Waals surface area contributed by atoms with E-state index in [0.717, 1.165) is 0 Å². The number of hydrogen-bond donors (Lipinski definition) is 0. The number of fused-ring (bicyclic) bond motifs is 1. The topological polar surface area (TPSA) is 4.93 Å². The van der Waals surface area contributed by atoms with Crippen LogP contribution >= 0.6 is 0 Å². The van der Waals surface area contributed by atoms with E-state index in [1.54, 1.807) is 0 Å². The molecule has 0 amide bonds. The van der Waals surface area contributed by atoms with Gasteiger partial charge in [-0.3, -0.25) is 0 Å². The van der Waals surface area contributed by atoms with Gasteiger partial charge < -0.3 is 4.57 Å². The van der Waals surface area contributed by atoms with E-state index in [4.69, 9.17) is 0 Å². The van der Waals surface area contributed by atoms with Gasteiger partial charge in [0.15, 0.2) is 0 Å². The molecule has 0 radical (unpaired) electrons. The van der Waals surface area contributed by atoms with Gasteiger partial charge in [0.1, 0.15) is 0 Å². The van der Waals surface area contributed by atoms with Crippen LogP contribution in [0.15, 0.2) is 78.9 Å². The number of nitrogens with zero attached hydrogens (tertiary/aromatic N) is 1. The summed E-state index contributed by atoms with van der Waals surface area (Å²) in [6, 6.07) is 28.4. The SMILES string of the molecule is Cn1c(-c2ccccc2)c(-c2ccccc2)c2cc(C(C)(C)C)ccc21. The van der Waals surface area contributed by atoms with Gasteiger partial charge in [-0.1, -0.05) is 87.5 Å². The summed E-state index contributed by atoms with van der Waals surface area (Å²) in [5, 5.41) is 1.32. The molecule has 0 aliphatic rings. The van der Waals surface area contributed by atoms with Crippen LogP contribution in [0, 0.1) is 0 Å². The zero-order valence-corrected chi connectivity index (χ0v) is 16.0. The molecule has 0 atom stereocenters. The second kappa shape index (κ2) is 6.17. The van der Waals surface area contributed by atoms with Crippen LogP contribution in [-0.4, -0.2) is 4.57 Å². The molecule has 0 N–H and O–H groups in total. The first-order valence-corrected chi connectivity index (χ1v) is 9.20. The first kappa shape index (κ1) is 16.7. The second-order valence-corrected chi connectivity index (χ2v) is 8.00. The smallest absolute Gasteiger partial charge is 0.0568 e. The molecule has 0 saturated carbocycles. The molecule has 1 heteroatoms. The van der Waals surface area contributed by atoms with Gasteiger partial charge in [-0.25, -0.2) is 0 Å². The van der Waals surface area contributed by atoms with E-state index in [1.165, 1.54) is 38.9 Å². The molecule has 4 rings (SSSR count). The highest BCUT2D eigenvalue weighted by molar-refractivity contribution is 6.04. The van der Waals surface area contributed by atoms with Crippen LogP contribution in [0.2, 0.25) is 0 Å². The van der Waals surface area contributed by atoms with Gasteiger partial charge >= 0.3 is 0 Å². The third-order valence-electron chi connectivity index (χ3n) is 5.18. The largest absolute Gasteiger partial charge is 0.343 e. The summed E-state index contributed by atoms with van der Waals surface area (Å²) in [5.74, 6) is 0. The quantitative estimate of drug-likeness (QED) is 0.378. The lowest BCUT2D eigenvalue weighted by Gasteiger charge is -2.19. The first-order valence-electron chi connectivity index (χ1n) is 9.20. The Labute approximate surface area is 155 Å². The number of hydrogen-bond acceptors (Lipinski definition) is 0. The zero-order chi connectivity index (χ0) is 18.3. The van der Waals surface area contributed by atoms with Crippen LogP contribution in [0.25, 0.3) is 33.3 Å². The van der Waals surface area contributed by atoms with Gasteiger partial charge in [-0.15, -0.1) is 0 Å². The van der Waals surface area contributed by atoms with Crippen molar-refractivity contribution in [2.24, 2.45) is 7.05 Å². The maximum atomic E-state index is 2.38. The Kier molecular flexibility index (Phi) is 3.96. The molecule has 0 fully saturated rings. The lowest BCUT2D eigenvalue weighted by molar-refractivity contribution is 0.591. The van der Waals surface area contributed by atoms with Crippen molar-refractivity contribution in [3.63, 3.8) is 0 Å². The van der Waals surface area contributed by atoms with Crippen LogP contribution in [-0.2, 0) is 12.5 Å². The van der Waals surface area contributed by atoms with Crippen molar-refractivity contribution in [1.29, 1.82) is 0 Å². The van der Waals surface area contributed by atoms with Crippen LogP contribution in [0.3, 0.4) is 0 Å². The van der Waals surface area contributed by atoms with Crippen molar-refractivity contribution < 1.29 is 0 Å². The summed E-state index contributed by atoms with van der Waals surface area (Å²) in [4.78, 5) is 0. The Morgan fingerprint density at radius 1 is 0.692 bits per heavy atom. The highest BCUT2D eigenvalue weighted by Crippen LogP contribution is 2.41. The maximum absolute atomic E-state index is 2.38. The molecule has 0 saturated heterocycles. The molecule has 26 heavy (non-hydrogen) atoms. The van der Waals surface area contributed by atoms with Gasteiger partial charge in [-0.2, -0.15) is 0 Å². The fourth-order valence-corrected chi connectivity index (χ4v) is 3.74. The van der Waals surface area contributed by atoms with Gasteiger partial charge in [0.25, 0.3) is 0 Å². The average molecular weight is 339 g/mol. The third kappa shape index (κ3) is 2.74.